The fraction of sp³-hybridized carbons (Fsp3) is 0.793. The fourth-order valence-corrected chi connectivity index (χ4v) is 4.47. The lowest BCUT2D eigenvalue weighted by Gasteiger charge is -2.28. The van der Waals surface area contributed by atoms with E-state index in [2.05, 4.69) is 26.6 Å². The van der Waals surface area contributed by atoms with Crippen molar-refractivity contribution in [2.24, 2.45) is 29.0 Å². The first-order valence-corrected chi connectivity index (χ1v) is 15.5. The highest BCUT2D eigenvalue weighted by molar-refractivity contribution is 5.96. The molecule has 0 saturated heterocycles. The molecular weight excluding hydrogens is 572 g/mol. The smallest absolute Gasteiger partial charge is 0.243 e. The number of carbonyl (C=O) groups is 6. The van der Waals surface area contributed by atoms with Crippen molar-refractivity contribution in [3.63, 3.8) is 0 Å². The Morgan fingerprint density at radius 2 is 0.909 bits per heavy atom. The van der Waals surface area contributed by atoms with E-state index in [0.29, 0.717) is 45.2 Å². The average Bonchev–Trinajstić information content (AvgIpc) is 2.93. The van der Waals surface area contributed by atoms with Gasteiger partial charge >= 0.3 is 0 Å². The molecule has 0 heterocycles. The van der Waals surface area contributed by atoms with Crippen LogP contribution in [0.2, 0.25) is 0 Å². The number of amides is 6. The van der Waals surface area contributed by atoms with Crippen LogP contribution >= 0.6 is 0 Å². The highest BCUT2D eigenvalue weighted by Gasteiger charge is 2.32. The molecule has 254 valence electrons. The second kappa shape index (κ2) is 22.2. The quantitative estimate of drug-likeness (QED) is 0.0581. The maximum atomic E-state index is 13.5. The van der Waals surface area contributed by atoms with Gasteiger partial charge in [-0.1, -0.05) is 27.7 Å². The van der Waals surface area contributed by atoms with Crippen LogP contribution in [0.15, 0.2) is 0 Å². The Morgan fingerprint density at radius 3 is 1.23 bits per heavy atom. The Morgan fingerprint density at radius 1 is 0.568 bits per heavy atom. The summed E-state index contributed by atoms with van der Waals surface area (Å²) in [7, 11) is 0. The van der Waals surface area contributed by atoms with Gasteiger partial charge in [-0.2, -0.15) is 0 Å². The zero-order chi connectivity index (χ0) is 33.8. The number of carbonyl (C=O) groups excluding carboxylic acids is 6. The fourth-order valence-electron chi connectivity index (χ4n) is 4.47. The minimum absolute atomic E-state index is 0.000213. The molecule has 0 aromatic carbocycles. The maximum absolute atomic E-state index is 13.5. The number of nitrogens with two attached hydrogens (primary N) is 3. The van der Waals surface area contributed by atoms with E-state index >= 15 is 0 Å². The molecule has 0 aliphatic rings. The summed E-state index contributed by atoms with van der Waals surface area (Å²) in [5, 5.41) is 22.5. The van der Waals surface area contributed by atoms with Gasteiger partial charge in [-0.15, -0.1) is 0 Å². The predicted molar refractivity (Wildman–Crippen MR) is 166 cm³/mol. The monoisotopic (exact) mass is 628 g/mol. The summed E-state index contributed by atoms with van der Waals surface area (Å²) in [6.07, 6.45) is 3.36. The van der Waals surface area contributed by atoms with Gasteiger partial charge in [0.15, 0.2) is 0 Å². The van der Waals surface area contributed by atoms with Crippen LogP contribution in [0.25, 0.3) is 0 Å². The topological polar surface area (TPSA) is 261 Å². The first-order valence-electron chi connectivity index (χ1n) is 15.5. The standard InChI is InChI=1S/C29H56N8O7/c1-17(2)14-22(28(43)34-21(11-7-9-13-31)27(42)37-24(16-38)25(32)40)36-29(44)23(15-18(3)4)35-26(41)20(33-19(5)39)10-6-8-12-30/h17-18,20-24,38H,6-16,30-31H2,1-5H3,(H2,32,40)(H,33,39)(H,34,43)(H,35,41)(H,36,44)(H,37,42)/t20-,21-,22-,23-,24-/m0/s1. The number of primary amides is 1. The molecule has 0 radical (unpaired) electrons. The van der Waals surface area contributed by atoms with Crippen LogP contribution in [-0.2, 0) is 28.8 Å². The summed E-state index contributed by atoms with van der Waals surface area (Å²) in [4.78, 5) is 76.4. The number of unbranched alkanes of at least 4 members (excludes halogenated alkanes) is 2. The number of aliphatic hydroxyl groups is 1. The van der Waals surface area contributed by atoms with Crippen molar-refractivity contribution in [3.8, 4) is 0 Å². The van der Waals surface area contributed by atoms with Gasteiger partial charge in [0.2, 0.25) is 35.4 Å². The third-order valence-electron chi connectivity index (χ3n) is 6.74. The SMILES string of the molecule is CC(=O)N[C@@H](CCCCN)C(=O)N[C@@H](CC(C)C)C(=O)N[C@@H](CC(C)C)C(=O)N[C@@H](CCCCN)C(=O)N[C@@H](CO)C(N)=O. The molecule has 44 heavy (non-hydrogen) atoms. The number of rotatable bonds is 23. The minimum atomic E-state index is -1.33. The summed E-state index contributed by atoms with van der Waals surface area (Å²) in [5.74, 6) is -3.81. The third kappa shape index (κ3) is 17.1. The molecule has 0 rings (SSSR count). The molecule has 0 unspecified atom stereocenters. The highest BCUT2D eigenvalue weighted by Crippen LogP contribution is 2.11. The number of nitrogens with one attached hydrogen (secondary N) is 5. The van der Waals surface area contributed by atoms with E-state index in [0.717, 1.165) is 0 Å². The second-order valence-electron chi connectivity index (χ2n) is 11.9. The van der Waals surface area contributed by atoms with E-state index in [1.807, 2.05) is 27.7 Å². The Hall–Kier alpha value is -3.30. The Balaban J connectivity index is 5.94. The first-order chi connectivity index (χ1) is 20.7. The predicted octanol–water partition coefficient (Wildman–Crippen LogP) is -1.74. The number of hydrogen-bond acceptors (Lipinski definition) is 9. The molecule has 15 nitrogen and oxygen atoms in total. The van der Waals surface area contributed by atoms with Crippen molar-refractivity contribution in [2.75, 3.05) is 19.7 Å². The van der Waals surface area contributed by atoms with Crippen LogP contribution in [0.4, 0.5) is 0 Å². The van der Waals surface area contributed by atoms with Gasteiger partial charge in [-0.05, 0) is 76.3 Å². The molecule has 6 amide bonds. The van der Waals surface area contributed by atoms with E-state index in [4.69, 9.17) is 17.2 Å². The van der Waals surface area contributed by atoms with Gasteiger partial charge in [-0.25, -0.2) is 0 Å². The van der Waals surface area contributed by atoms with Crippen LogP contribution < -0.4 is 43.8 Å². The Labute approximate surface area is 260 Å². The summed E-state index contributed by atoms with van der Waals surface area (Å²) in [6.45, 7) is 8.89. The zero-order valence-corrected chi connectivity index (χ0v) is 26.9. The van der Waals surface area contributed by atoms with Crippen LogP contribution in [0.3, 0.4) is 0 Å². The van der Waals surface area contributed by atoms with Crippen molar-refractivity contribution in [1.82, 2.24) is 26.6 Å². The molecule has 12 N–H and O–H groups in total. The largest absolute Gasteiger partial charge is 0.394 e. The van der Waals surface area contributed by atoms with Crippen molar-refractivity contribution < 1.29 is 33.9 Å². The molecule has 5 atom stereocenters. The van der Waals surface area contributed by atoms with E-state index in [9.17, 15) is 33.9 Å². The van der Waals surface area contributed by atoms with E-state index in [-0.39, 0.29) is 37.0 Å². The third-order valence-corrected chi connectivity index (χ3v) is 6.74. The summed E-state index contributed by atoms with van der Waals surface area (Å²) in [6, 6.07) is -5.33. The van der Waals surface area contributed by atoms with Gasteiger partial charge in [0, 0.05) is 6.92 Å². The zero-order valence-electron chi connectivity index (χ0n) is 26.9. The van der Waals surface area contributed by atoms with E-state index < -0.39 is 66.4 Å². The summed E-state index contributed by atoms with van der Waals surface area (Å²) < 4.78 is 0. The van der Waals surface area contributed by atoms with Crippen LogP contribution in [0.5, 0.6) is 0 Å². The van der Waals surface area contributed by atoms with Gasteiger partial charge in [0.05, 0.1) is 6.61 Å². The molecular formula is C29H56N8O7. The van der Waals surface area contributed by atoms with Crippen LogP contribution in [0.1, 0.15) is 86.0 Å². The minimum Gasteiger partial charge on any atom is -0.394 e. The lowest BCUT2D eigenvalue weighted by atomic mass is 9.99. The van der Waals surface area contributed by atoms with E-state index in [1.165, 1.54) is 6.92 Å². The first kappa shape index (κ1) is 40.7. The van der Waals surface area contributed by atoms with Gasteiger partial charge in [-0.3, -0.25) is 28.8 Å². The molecule has 0 bridgehead atoms. The normalized spacial score (nSPS) is 14.6. The number of aliphatic hydroxyl groups excluding tert-OH is 1. The molecule has 0 aromatic rings. The van der Waals surface area contributed by atoms with Crippen molar-refractivity contribution >= 4 is 35.4 Å². The van der Waals surface area contributed by atoms with Crippen LogP contribution in [0, 0.1) is 11.8 Å². The van der Waals surface area contributed by atoms with Gasteiger partial charge in [0.25, 0.3) is 0 Å². The number of hydrogen-bond donors (Lipinski definition) is 9. The molecule has 0 aliphatic heterocycles. The lowest BCUT2D eigenvalue weighted by molar-refractivity contribution is -0.135. The van der Waals surface area contributed by atoms with Gasteiger partial charge in [0.1, 0.15) is 30.2 Å². The molecule has 15 heteroatoms. The average molecular weight is 629 g/mol. The molecule has 0 aliphatic carbocycles. The second-order valence-corrected chi connectivity index (χ2v) is 11.9. The molecule has 0 spiro atoms. The lowest BCUT2D eigenvalue weighted by Crippen LogP contribution is -2.59. The highest BCUT2D eigenvalue weighted by atomic mass is 16.3. The summed E-state index contributed by atoms with van der Waals surface area (Å²) in [5.41, 5.74) is 16.4. The van der Waals surface area contributed by atoms with E-state index in [1.54, 1.807) is 0 Å². The van der Waals surface area contributed by atoms with Gasteiger partial charge < -0.3 is 48.9 Å². The van der Waals surface area contributed by atoms with Crippen molar-refractivity contribution in [2.45, 2.75) is 116 Å². The Bertz CT molecular complexity index is 931. The molecule has 0 fully saturated rings. The summed E-state index contributed by atoms with van der Waals surface area (Å²) >= 11 is 0. The molecule has 0 saturated carbocycles. The maximum Gasteiger partial charge on any atom is 0.243 e. The Kier molecular flexibility index (Phi) is 20.6. The van der Waals surface area contributed by atoms with Crippen molar-refractivity contribution in [3.05, 3.63) is 0 Å². The van der Waals surface area contributed by atoms with Crippen molar-refractivity contribution in [1.29, 1.82) is 0 Å². The van der Waals surface area contributed by atoms with Crippen LogP contribution in [-0.4, -0.2) is 90.5 Å². The molecule has 0 aromatic heterocycles.